The molecule has 0 fully saturated rings. The number of carbonyl (C=O) groups is 1. The maximum Gasteiger partial charge on any atom is 0.255 e. The van der Waals surface area contributed by atoms with Gasteiger partial charge in [0.1, 0.15) is 6.73 Å². The van der Waals surface area contributed by atoms with Crippen LogP contribution >= 0.6 is 15.9 Å². The lowest BCUT2D eigenvalue weighted by Gasteiger charge is -2.25. The van der Waals surface area contributed by atoms with Gasteiger partial charge in [-0.15, -0.1) is 0 Å². The van der Waals surface area contributed by atoms with Gasteiger partial charge in [0.2, 0.25) is 0 Å². The minimum absolute atomic E-state index is 0.113. The average Bonchev–Trinajstić information content (AvgIpc) is 2.38. The Morgan fingerprint density at radius 2 is 2.00 bits per heavy atom. The van der Waals surface area contributed by atoms with Crippen LogP contribution in [0.5, 0.6) is 0 Å². The molecule has 0 unspecified atom stereocenters. The van der Waals surface area contributed by atoms with Crippen LogP contribution in [-0.2, 0) is 9.53 Å². The molecule has 0 spiro atoms. The fourth-order valence-electron chi connectivity index (χ4n) is 1.83. The van der Waals surface area contributed by atoms with Crippen molar-refractivity contribution >= 4 is 35.6 Å². The van der Waals surface area contributed by atoms with Crippen molar-refractivity contribution in [2.24, 2.45) is 0 Å². The van der Waals surface area contributed by atoms with Crippen molar-refractivity contribution < 1.29 is 9.53 Å². The van der Waals surface area contributed by atoms with Crippen molar-refractivity contribution in [3.63, 3.8) is 0 Å². The van der Waals surface area contributed by atoms with Gasteiger partial charge >= 0.3 is 0 Å². The van der Waals surface area contributed by atoms with E-state index < -0.39 is 8.07 Å². The summed E-state index contributed by atoms with van der Waals surface area (Å²) in [6.45, 7) is 15.4. The third-order valence-electron chi connectivity index (χ3n) is 3.22. The number of aryl methyl sites for hydroxylation is 1. The Kier molecular flexibility index (Phi) is 7.03. The molecular formula is C17H26BrNO2Si. The van der Waals surface area contributed by atoms with Crippen molar-refractivity contribution in [3.8, 4) is 0 Å². The molecule has 1 amide bonds. The summed E-state index contributed by atoms with van der Waals surface area (Å²) in [6, 6.07) is 7.00. The van der Waals surface area contributed by atoms with E-state index in [1.165, 1.54) is 0 Å². The minimum Gasteiger partial charge on any atom is -0.361 e. The second-order valence-corrected chi connectivity index (χ2v) is 13.3. The predicted octanol–water partition coefficient (Wildman–Crippen LogP) is 4.98. The molecule has 22 heavy (non-hydrogen) atoms. The van der Waals surface area contributed by atoms with Crippen molar-refractivity contribution in [2.75, 3.05) is 18.2 Å². The maximum atomic E-state index is 12.4. The van der Waals surface area contributed by atoms with Gasteiger partial charge < -0.3 is 4.74 Å². The standard InChI is InChI=1S/C17H26BrNO2Si/c1-13(2)17(20)19(12-21-9-10-22(4,5)6)16-8-7-14(3)11-15(16)18/h7-8,11H,1,9-10,12H2,2-6H3. The molecule has 0 N–H and O–H groups in total. The van der Waals surface area contributed by atoms with Crippen molar-refractivity contribution in [2.45, 2.75) is 39.5 Å². The van der Waals surface area contributed by atoms with Gasteiger partial charge in [-0.25, -0.2) is 0 Å². The SMILES string of the molecule is C=C(C)C(=O)N(COCC[Si](C)(C)C)c1ccc(C)cc1Br. The smallest absolute Gasteiger partial charge is 0.255 e. The fraction of sp³-hybridized carbons (Fsp3) is 0.471. The van der Waals surface area contributed by atoms with E-state index in [0.717, 1.165) is 21.8 Å². The van der Waals surface area contributed by atoms with Gasteiger partial charge in [-0.1, -0.05) is 32.3 Å². The number of halogens is 1. The van der Waals surface area contributed by atoms with E-state index in [4.69, 9.17) is 4.74 Å². The van der Waals surface area contributed by atoms with Crippen LogP contribution < -0.4 is 4.90 Å². The van der Waals surface area contributed by atoms with E-state index in [2.05, 4.69) is 42.1 Å². The Morgan fingerprint density at radius 1 is 1.36 bits per heavy atom. The summed E-state index contributed by atoms with van der Waals surface area (Å²) >= 11 is 3.53. The lowest BCUT2D eigenvalue weighted by atomic mass is 10.2. The third kappa shape index (κ3) is 6.06. The number of nitrogens with zero attached hydrogens (tertiary/aromatic N) is 1. The van der Waals surface area contributed by atoms with Gasteiger partial charge in [-0.2, -0.15) is 0 Å². The molecular weight excluding hydrogens is 358 g/mol. The molecule has 1 aromatic carbocycles. The Morgan fingerprint density at radius 3 is 2.50 bits per heavy atom. The quantitative estimate of drug-likeness (QED) is 0.287. The average molecular weight is 384 g/mol. The van der Waals surface area contributed by atoms with Crippen molar-refractivity contribution in [3.05, 3.63) is 40.4 Å². The second-order valence-electron chi connectivity index (χ2n) is 6.82. The Labute approximate surface area is 143 Å². The summed E-state index contributed by atoms with van der Waals surface area (Å²) in [6.07, 6.45) is 0. The zero-order chi connectivity index (χ0) is 16.9. The summed E-state index contributed by atoms with van der Waals surface area (Å²) in [4.78, 5) is 14.0. The first-order valence-electron chi connectivity index (χ1n) is 7.43. The number of carbonyl (C=O) groups excluding carboxylic acids is 1. The molecule has 0 aliphatic carbocycles. The van der Waals surface area contributed by atoms with Gasteiger partial charge in [-0.05, 0) is 53.5 Å². The predicted molar refractivity (Wildman–Crippen MR) is 100 cm³/mol. The molecule has 0 aromatic heterocycles. The lowest BCUT2D eigenvalue weighted by Crippen LogP contribution is -2.34. The molecule has 0 radical (unpaired) electrons. The number of hydrogen-bond donors (Lipinski definition) is 0. The molecule has 0 saturated heterocycles. The summed E-state index contributed by atoms with van der Waals surface area (Å²) in [5.41, 5.74) is 2.45. The van der Waals surface area contributed by atoms with Gasteiger partial charge in [0.05, 0.1) is 5.69 Å². The van der Waals surface area contributed by atoms with Gasteiger partial charge in [0.15, 0.2) is 0 Å². The van der Waals surface area contributed by atoms with Crippen LogP contribution in [0.4, 0.5) is 5.69 Å². The number of rotatable bonds is 7. The monoisotopic (exact) mass is 383 g/mol. The van der Waals surface area contributed by atoms with E-state index in [1.54, 1.807) is 11.8 Å². The zero-order valence-electron chi connectivity index (χ0n) is 14.2. The summed E-state index contributed by atoms with van der Waals surface area (Å²) < 4.78 is 6.65. The fourth-order valence-corrected chi connectivity index (χ4v) is 3.30. The van der Waals surface area contributed by atoms with Crippen LogP contribution in [0.3, 0.4) is 0 Å². The molecule has 0 aliphatic heterocycles. The van der Waals surface area contributed by atoms with E-state index in [0.29, 0.717) is 12.2 Å². The van der Waals surface area contributed by atoms with Crippen LogP contribution in [-0.4, -0.2) is 27.3 Å². The van der Waals surface area contributed by atoms with Gasteiger partial charge in [0, 0.05) is 24.7 Å². The van der Waals surface area contributed by atoms with E-state index in [1.807, 2.05) is 25.1 Å². The van der Waals surface area contributed by atoms with Gasteiger partial charge in [-0.3, -0.25) is 9.69 Å². The highest BCUT2D eigenvalue weighted by Gasteiger charge is 2.19. The zero-order valence-corrected chi connectivity index (χ0v) is 16.8. The first-order valence-corrected chi connectivity index (χ1v) is 11.9. The third-order valence-corrected chi connectivity index (χ3v) is 5.56. The molecule has 1 aromatic rings. The molecule has 0 heterocycles. The normalized spacial score (nSPS) is 11.4. The summed E-state index contributed by atoms with van der Waals surface area (Å²) in [5, 5.41) is 0. The molecule has 122 valence electrons. The van der Waals surface area contributed by atoms with Crippen LogP contribution in [0, 0.1) is 6.92 Å². The lowest BCUT2D eigenvalue weighted by molar-refractivity contribution is -0.116. The van der Waals surface area contributed by atoms with Crippen molar-refractivity contribution in [1.29, 1.82) is 0 Å². The molecule has 0 aliphatic rings. The minimum atomic E-state index is -1.13. The Balaban J connectivity index is 2.85. The molecule has 0 bridgehead atoms. The number of anilines is 1. The molecule has 0 saturated carbocycles. The van der Waals surface area contributed by atoms with Crippen LogP contribution in [0.25, 0.3) is 0 Å². The van der Waals surface area contributed by atoms with Crippen LogP contribution in [0.1, 0.15) is 12.5 Å². The molecule has 5 heteroatoms. The molecule has 0 atom stereocenters. The van der Waals surface area contributed by atoms with Crippen LogP contribution in [0.15, 0.2) is 34.8 Å². The molecule has 1 rings (SSSR count). The highest BCUT2D eigenvalue weighted by molar-refractivity contribution is 9.10. The summed E-state index contributed by atoms with van der Waals surface area (Å²) in [5.74, 6) is -0.113. The second kappa shape index (κ2) is 8.08. The largest absolute Gasteiger partial charge is 0.361 e. The topological polar surface area (TPSA) is 29.5 Å². The Bertz CT molecular complexity index is 552. The highest BCUT2D eigenvalue weighted by atomic mass is 79.9. The first-order chi connectivity index (χ1) is 10.1. The molecule has 3 nitrogen and oxygen atoms in total. The maximum absolute atomic E-state index is 12.4. The number of ether oxygens (including phenoxy) is 1. The summed E-state index contributed by atoms with van der Waals surface area (Å²) in [7, 11) is -1.13. The number of hydrogen-bond acceptors (Lipinski definition) is 2. The number of amides is 1. The van der Waals surface area contributed by atoms with Crippen LogP contribution in [0.2, 0.25) is 25.7 Å². The van der Waals surface area contributed by atoms with E-state index in [9.17, 15) is 4.79 Å². The van der Waals surface area contributed by atoms with E-state index in [-0.39, 0.29) is 12.6 Å². The highest BCUT2D eigenvalue weighted by Crippen LogP contribution is 2.28. The van der Waals surface area contributed by atoms with Crippen molar-refractivity contribution in [1.82, 2.24) is 0 Å². The Hall–Kier alpha value is -0.913. The van der Waals surface area contributed by atoms with E-state index >= 15 is 0 Å². The first kappa shape index (κ1) is 19.1. The number of benzene rings is 1. The van der Waals surface area contributed by atoms with Gasteiger partial charge in [0.25, 0.3) is 5.91 Å².